The number of carbonyl (C=O) groups is 1. The van der Waals surface area contributed by atoms with E-state index in [1.165, 1.54) is 11.3 Å². The topological polar surface area (TPSA) is 54.9 Å². The molecule has 0 atom stereocenters. The molecule has 1 aromatic heterocycles. The number of hydrogen-bond acceptors (Lipinski definition) is 6. The Balaban J connectivity index is 0.00000300. The average molecular weight is 501 g/mol. The fourth-order valence-electron chi connectivity index (χ4n) is 2.52. The van der Waals surface area contributed by atoms with Crippen LogP contribution in [0.15, 0.2) is 46.9 Å². The van der Waals surface area contributed by atoms with Gasteiger partial charge in [-0.3, -0.25) is 9.69 Å². The van der Waals surface area contributed by atoms with Crippen LogP contribution in [-0.4, -0.2) is 56.7 Å². The molecule has 2 aromatic carbocycles. The fourth-order valence-corrected chi connectivity index (χ4v) is 4.08. The van der Waals surface area contributed by atoms with Crippen molar-refractivity contribution in [2.75, 3.05) is 45.8 Å². The number of thiazole rings is 1. The minimum absolute atomic E-state index is 0. The highest BCUT2D eigenvalue weighted by molar-refractivity contribution is 9.10. The van der Waals surface area contributed by atoms with Crippen molar-refractivity contribution in [3.8, 4) is 11.5 Å². The lowest BCUT2D eigenvalue weighted by Crippen LogP contribution is -2.39. The van der Waals surface area contributed by atoms with E-state index in [9.17, 15) is 4.79 Å². The van der Waals surface area contributed by atoms with Crippen molar-refractivity contribution in [2.24, 2.45) is 0 Å². The van der Waals surface area contributed by atoms with Gasteiger partial charge in [0.25, 0.3) is 5.91 Å². The Morgan fingerprint density at radius 3 is 2.45 bits per heavy atom. The van der Waals surface area contributed by atoms with Gasteiger partial charge in [0, 0.05) is 17.6 Å². The second-order valence-corrected chi connectivity index (χ2v) is 8.35. The number of aromatic nitrogens is 1. The van der Waals surface area contributed by atoms with E-state index in [2.05, 4.69) is 20.9 Å². The van der Waals surface area contributed by atoms with Crippen LogP contribution in [0.4, 0.5) is 5.13 Å². The van der Waals surface area contributed by atoms with Gasteiger partial charge in [0.1, 0.15) is 11.5 Å². The normalized spacial score (nSPS) is 10.7. The quantitative estimate of drug-likeness (QED) is 0.457. The molecule has 9 heteroatoms. The summed E-state index contributed by atoms with van der Waals surface area (Å²) in [5.74, 6) is 1.23. The summed E-state index contributed by atoms with van der Waals surface area (Å²) in [6.07, 6.45) is 0. The van der Waals surface area contributed by atoms with Crippen LogP contribution in [-0.2, 0) is 4.79 Å². The van der Waals surface area contributed by atoms with Crippen molar-refractivity contribution in [1.29, 1.82) is 0 Å². The number of halogens is 2. The Morgan fingerprint density at radius 2 is 1.79 bits per heavy atom. The molecule has 0 bridgehead atoms. The average Bonchev–Trinajstić information content (AvgIpc) is 3.09. The molecule has 6 nitrogen and oxygen atoms in total. The molecule has 0 spiro atoms. The molecule has 0 unspecified atom stereocenters. The van der Waals surface area contributed by atoms with Gasteiger partial charge in [-0.15, -0.1) is 12.4 Å². The molecule has 3 aromatic rings. The van der Waals surface area contributed by atoms with Gasteiger partial charge in [-0.2, -0.15) is 0 Å². The van der Waals surface area contributed by atoms with Gasteiger partial charge in [-0.1, -0.05) is 27.3 Å². The van der Waals surface area contributed by atoms with Crippen molar-refractivity contribution < 1.29 is 14.3 Å². The Labute approximate surface area is 189 Å². The molecule has 0 saturated carbocycles. The van der Waals surface area contributed by atoms with Crippen molar-refractivity contribution in [1.82, 2.24) is 9.88 Å². The highest BCUT2D eigenvalue weighted by atomic mass is 79.9. The van der Waals surface area contributed by atoms with Crippen molar-refractivity contribution in [3.63, 3.8) is 0 Å². The van der Waals surface area contributed by atoms with Crippen LogP contribution in [0.3, 0.4) is 0 Å². The van der Waals surface area contributed by atoms with E-state index >= 15 is 0 Å². The maximum atomic E-state index is 12.9. The molecule has 1 heterocycles. The Bertz CT molecular complexity index is 950. The fraction of sp³-hybridized carbons (Fsp3) is 0.300. The van der Waals surface area contributed by atoms with Gasteiger partial charge in [0.15, 0.2) is 11.7 Å². The molecule has 0 fully saturated rings. The largest absolute Gasteiger partial charge is 0.497 e. The summed E-state index contributed by atoms with van der Waals surface area (Å²) in [7, 11) is 5.57. The van der Waals surface area contributed by atoms with Crippen molar-refractivity contribution >= 4 is 60.9 Å². The van der Waals surface area contributed by atoms with Crippen molar-refractivity contribution in [2.45, 2.75) is 0 Å². The number of fused-ring (bicyclic) bond motifs is 1. The van der Waals surface area contributed by atoms with E-state index in [1.807, 2.05) is 37.2 Å². The van der Waals surface area contributed by atoms with Crippen LogP contribution in [0.2, 0.25) is 0 Å². The second kappa shape index (κ2) is 10.8. The minimum Gasteiger partial charge on any atom is -0.497 e. The lowest BCUT2D eigenvalue weighted by Gasteiger charge is -2.22. The third-order valence-electron chi connectivity index (χ3n) is 4.06. The molecule has 3 rings (SSSR count). The third kappa shape index (κ3) is 6.30. The molecule has 156 valence electrons. The van der Waals surface area contributed by atoms with Crippen LogP contribution in [0.25, 0.3) is 10.2 Å². The first-order valence-corrected chi connectivity index (χ1v) is 10.4. The molecule has 0 aliphatic carbocycles. The second-order valence-electron chi connectivity index (χ2n) is 6.42. The summed E-state index contributed by atoms with van der Waals surface area (Å²) in [5, 5.41) is 0.679. The predicted molar refractivity (Wildman–Crippen MR) is 124 cm³/mol. The van der Waals surface area contributed by atoms with E-state index in [0.29, 0.717) is 17.4 Å². The molecule has 0 aliphatic rings. The molecule has 0 aliphatic heterocycles. The Hall–Kier alpha value is -1.87. The zero-order valence-electron chi connectivity index (χ0n) is 16.4. The summed E-state index contributed by atoms with van der Waals surface area (Å²) in [4.78, 5) is 21.3. The van der Waals surface area contributed by atoms with Gasteiger partial charge < -0.3 is 14.4 Å². The summed E-state index contributed by atoms with van der Waals surface area (Å²) in [6.45, 7) is 1.21. The smallest absolute Gasteiger partial charge is 0.266 e. The zero-order valence-corrected chi connectivity index (χ0v) is 19.6. The maximum Gasteiger partial charge on any atom is 0.266 e. The van der Waals surface area contributed by atoms with Gasteiger partial charge in [0.2, 0.25) is 0 Å². The number of carbonyl (C=O) groups excluding carboxylic acids is 1. The monoisotopic (exact) mass is 499 g/mol. The standard InChI is InChI=1S/C20H22BrN3O3S.ClH/c1-23(2)10-11-24(20-22-17-9-4-14(21)12-18(17)28-20)19(25)13-27-16-7-5-15(26-3)6-8-16;/h4-9,12H,10-11,13H2,1-3H3;1H. The lowest BCUT2D eigenvalue weighted by molar-refractivity contribution is -0.120. The first kappa shape index (κ1) is 23.4. The van der Waals surface area contributed by atoms with Crippen LogP contribution in [0, 0.1) is 0 Å². The number of likely N-dealkylation sites (N-methyl/N-ethyl adjacent to an activating group) is 1. The third-order valence-corrected chi connectivity index (χ3v) is 5.60. The summed E-state index contributed by atoms with van der Waals surface area (Å²) < 4.78 is 12.8. The SMILES string of the molecule is COc1ccc(OCC(=O)N(CCN(C)C)c2nc3ccc(Br)cc3s2)cc1.Cl. The van der Waals surface area contributed by atoms with E-state index < -0.39 is 0 Å². The summed E-state index contributed by atoms with van der Waals surface area (Å²) in [5.41, 5.74) is 0.877. The minimum atomic E-state index is -0.129. The molecule has 0 N–H and O–H groups in total. The molecular weight excluding hydrogens is 478 g/mol. The molecule has 0 radical (unpaired) electrons. The van der Waals surface area contributed by atoms with E-state index in [0.717, 1.165) is 27.0 Å². The van der Waals surface area contributed by atoms with E-state index in [1.54, 1.807) is 36.3 Å². The molecule has 0 saturated heterocycles. The number of amides is 1. The lowest BCUT2D eigenvalue weighted by atomic mass is 10.3. The number of methoxy groups -OCH3 is 1. The number of rotatable bonds is 8. The van der Waals surface area contributed by atoms with Crippen LogP contribution >= 0.6 is 39.7 Å². The number of anilines is 1. The zero-order chi connectivity index (χ0) is 20.1. The van der Waals surface area contributed by atoms with Crippen LogP contribution in [0.5, 0.6) is 11.5 Å². The molecular formula is C20H23BrClN3O3S. The number of hydrogen-bond donors (Lipinski definition) is 0. The first-order chi connectivity index (χ1) is 13.5. The summed E-state index contributed by atoms with van der Waals surface area (Å²) in [6, 6.07) is 13.1. The van der Waals surface area contributed by atoms with Crippen LogP contribution < -0.4 is 14.4 Å². The van der Waals surface area contributed by atoms with Crippen molar-refractivity contribution in [3.05, 3.63) is 46.9 Å². The van der Waals surface area contributed by atoms with Gasteiger partial charge in [-0.25, -0.2) is 4.98 Å². The number of ether oxygens (including phenoxy) is 2. The van der Waals surface area contributed by atoms with E-state index in [4.69, 9.17) is 9.47 Å². The highest BCUT2D eigenvalue weighted by Crippen LogP contribution is 2.31. The van der Waals surface area contributed by atoms with E-state index in [-0.39, 0.29) is 24.9 Å². The first-order valence-electron chi connectivity index (χ1n) is 8.74. The van der Waals surface area contributed by atoms with Gasteiger partial charge >= 0.3 is 0 Å². The van der Waals surface area contributed by atoms with Crippen LogP contribution in [0.1, 0.15) is 0 Å². The summed E-state index contributed by atoms with van der Waals surface area (Å²) >= 11 is 4.98. The highest BCUT2D eigenvalue weighted by Gasteiger charge is 2.20. The maximum absolute atomic E-state index is 12.9. The van der Waals surface area contributed by atoms with Gasteiger partial charge in [-0.05, 0) is 56.6 Å². The Kier molecular flexibility index (Phi) is 8.70. The molecule has 1 amide bonds. The number of nitrogens with zero attached hydrogens (tertiary/aromatic N) is 3. The predicted octanol–water partition coefficient (Wildman–Crippen LogP) is 4.46. The molecule has 29 heavy (non-hydrogen) atoms. The number of benzene rings is 2. The van der Waals surface area contributed by atoms with Gasteiger partial charge in [0.05, 0.1) is 17.3 Å². The Morgan fingerprint density at radius 1 is 1.10 bits per heavy atom.